The van der Waals surface area contributed by atoms with Gasteiger partial charge in [-0.05, 0) is 30.8 Å². The van der Waals surface area contributed by atoms with E-state index in [1.54, 1.807) is 4.90 Å². The third-order valence-electron chi connectivity index (χ3n) is 4.28. The van der Waals surface area contributed by atoms with E-state index in [1.165, 1.54) is 24.5 Å². The van der Waals surface area contributed by atoms with Gasteiger partial charge in [-0.25, -0.2) is 4.98 Å². The van der Waals surface area contributed by atoms with Gasteiger partial charge in [-0.15, -0.1) is 0 Å². The summed E-state index contributed by atoms with van der Waals surface area (Å²) < 4.78 is 44.7. The summed E-state index contributed by atoms with van der Waals surface area (Å²) in [5, 5.41) is 2.35. The maximum Gasteiger partial charge on any atom is 0.418 e. The molecule has 3 aromatic rings. The van der Waals surface area contributed by atoms with Crippen molar-refractivity contribution in [3.8, 4) is 11.5 Å². The molecule has 3 rings (SSSR count). The van der Waals surface area contributed by atoms with Crippen molar-refractivity contribution < 1.29 is 22.4 Å². The molecule has 0 spiro atoms. The summed E-state index contributed by atoms with van der Waals surface area (Å²) in [5.74, 6) is -0.0597. The van der Waals surface area contributed by atoms with E-state index in [0.717, 1.165) is 11.6 Å². The largest absolute Gasteiger partial charge is 0.444 e. The van der Waals surface area contributed by atoms with Crippen molar-refractivity contribution in [1.82, 2.24) is 9.88 Å². The minimum absolute atomic E-state index is 0.0732. The Kier molecular flexibility index (Phi) is 6.33. The van der Waals surface area contributed by atoms with E-state index >= 15 is 0 Å². The molecule has 29 heavy (non-hydrogen) atoms. The summed E-state index contributed by atoms with van der Waals surface area (Å²) in [5.41, 5.74) is 0.340. The summed E-state index contributed by atoms with van der Waals surface area (Å²) in [6.45, 7) is 2.63. The molecule has 0 unspecified atom stereocenters. The molecule has 0 fully saturated rings. The Labute approximate surface area is 166 Å². The molecule has 0 atom stereocenters. The summed E-state index contributed by atoms with van der Waals surface area (Å²) in [7, 11) is 0. The predicted molar refractivity (Wildman–Crippen MR) is 103 cm³/mol. The van der Waals surface area contributed by atoms with Crippen LogP contribution in [-0.2, 0) is 17.5 Å². The van der Waals surface area contributed by atoms with Crippen molar-refractivity contribution >= 4 is 11.6 Å². The van der Waals surface area contributed by atoms with Crippen LogP contribution in [0, 0.1) is 0 Å². The first-order valence-corrected chi connectivity index (χ1v) is 9.05. The normalized spacial score (nSPS) is 11.6. The van der Waals surface area contributed by atoms with Gasteiger partial charge in [-0.2, -0.15) is 13.2 Å². The van der Waals surface area contributed by atoms with Crippen LogP contribution in [0.3, 0.4) is 0 Å². The van der Waals surface area contributed by atoms with Gasteiger partial charge in [-0.3, -0.25) is 9.69 Å². The van der Waals surface area contributed by atoms with Gasteiger partial charge >= 0.3 is 6.18 Å². The topological polar surface area (TPSA) is 58.4 Å². The van der Waals surface area contributed by atoms with E-state index in [4.69, 9.17) is 4.42 Å². The Balaban J connectivity index is 1.64. The molecular formula is C21H20F3N3O2. The van der Waals surface area contributed by atoms with E-state index in [0.29, 0.717) is 24.7 Å². The van der Waals surface area contributed by atoms with Gasteiger partial charge in [0.05, 0.1) is 23.5 Å². The Bertz CT molecular complexity index is 955. The van der Waals surface area contributed by atoms with Crippen LogP contribution in [0.1, 0.15) is 18.2 Å². The van der Waals surface area contributed by atoms with E-state index < -0.39 is 17.6 Å². The highest BCUT2D eigenvalue weighted by atomic mass is 19.4. The monoisotopic (exact) mass is 403 g/mol. The van der Waals surface area contributed by atoms with Crippen LogP contribution in [0.4, 0.5) is 18.9 Å². The van der Waals surface area contributed by atoms with Gasteiger partial charge in [0, 0.05) is 12.1 Å². The first-order valence-electron chi connectivity index (χ1n) is 9.05. The number of para-hydroxylation sites is 1. The standard InChI is InChI=1S/C21H20F3N3O2/c1-2-27(12-16-14-29-20(25-16)15-8-4-3-5-9-15)13-19(28)26-18-11-7-6-10-17(18)21(22,23)24/h3-11,14H,2,12-13H2,1H3,(H,26,28). The molecule has 8 heteroatoms. The van der Waals surface area contributed by atoms with Crippen molar-refractivity contribution in [2.45, 2.75) is 19.6 Å². The number of nitrogens with one attached hydrogen (secondary N) is 1. The number of amides is 1. The zero-order chi connectivity index (χ0) is 20.9. The molecule has 5 nitrogen and oxygen atoms in total. The number of benzene rings is 2. The zero-order valence-corrected chi connectivity index (χ0v) is 15.7. The Hall–Kier alpha value is -3.13. The van der Waals surface area contributed by atoms with E-state index in [-0.39, 0.29) is 12.2 Å². The minimum Gasteiger partial charge on any atom is -0.444 e. The number of aromatic nitrogens is 1. The van der Waals surface area contributed by atoms with Crippen molar-refractivity contribution in [3.05, 3.63) is 72.1 Å². The Morgan fingerprint density at radius 1 is 1.10 bits per heavy atom. The molecule has 2 aromatic carbocycles. The van der Waals surface area contributed by atoms with Crippen LogP contribution in [0.15, 0.2) is 65.3 Å². The lowest BCUT2D eigenvalue weighted by molar-refractivity contribution is -0.137. The molecule has 0 saturated carbocycles. The number of halogens is 3. The number of hydrogen-bond donors (Lipinski definition) is 1. The van der Waals surface area contributed by atoms with Gasteiger partial charge in [0.1, 0.15) is 6.26 Å². The van der Waals surface area contributed by atoms with Gasteiger partial charge < -0.3 is 9.73 Å². The summed E-state index contributed by atoms with van der Waals surface area (Å²) in [6, 6.07) is 14.3. The number of hydrogen-bond acceptors (Lipinski definition) is 4. The molecular weight excluding hydrogens is 383 g/mol. The van der Waals surface area contributed by atoms with Crippen LogP contribution in [0.5, 0.6) is 0 Å². The molecule has 1 aromatic heterocycles. The highest BCUT2D eigenvalue weighted by Gasteiger charge is 2.33. The molecule has 0 aliphatic heterocycles. The Morgan fingerprint density at radius 2 is 1.79 bits per heavy atom. The van der Waals surface area contributed by atoms with E-state index in [9.17, 15) is 18.0 Å². The number of carbonyl (C=O) groups excluding carboxylic acids is 1. The maximum atomic E-state index is 13.1. The number of rotatable bonds is 7. The van der Waals surface area contributed by atoms with Crippen LogP contribution in [-0.4, -0.2) is 28.9 Å². The third kappa shape index (κ3) is 5.45. The smallest absolute Gasteiger partial charge is 0.418 e. The summed E-state index contributed by atoms with van der Waals surface area (Å²) in [6.07, 6.45) is -3.02. The van der Waals surface area contributed by atoms with Gasteiger partial charge in [0.25, 0.3) is 0 Å². The molecule has 0 aliphatic rings. The van der Waals surface area contributed by atoms with E-state index in [1.807, 2.05) is 37.3 Å². The molecule has 0 radical (unpaired) electrons. The second-order valence-electron chi connectivity index (χ2n) is 6.40. The fourth-order valence-corrected chi connectivity index (χ4v) is 2.83. The van der Waals surface area contributed by atoms with Crippen LogP contribution < -0.4 is 5.32 Å². The third-order valence-corrected chi connectivity index (χ3v) is 4.28. The second-order valence-corrected chi connectivity index (χ2v) is 6.40. The maximum absolute atomic E-state index is 13.1. The number of likely N-dealkylation sites (N-methyl/N-ethyl adjacent to an activating group) is 1. The Morgan fingerprint density at radius 3 is 2.48 bits per heavy atom. The first-order chi connectivity index (χ1) is 13.9. The number of anilines is 1. The van der Waals surface area contributed by atoms with Crippen molar-refractivity contribution in [2.75, 3.05) is 18.4 Å². The fourth-order valence-electron chi connectivity index (χ4n) is 2.83. The average Bonchev–Trinajstić information content (AvgIpc) is 3.16. The molecule has 1 amide bonds. The minimum atomic E-state index is -4.54. The summed E-state index contributed by atoms with van der Waals surface area (Å²) >= 11 is 0. The lowest BCUT2D eigenvalue weighted by Crippen LogP contribution is -2.33. The lowest BCUT2D eigenvalue weighted by Gasteiger charge is -2.19. The number of alkyl halides is 3. The highest BCUT2D eigenvalue weighted by molar-refractivity contribution is 5.93. The molecule has 0 aliphatic carbocycles. The number of nitrogens with zero attached hydrogens (tertiary/aromatic N) is 2. The fraction of sp³-hybridized carbons (Fsp3) is 0.238. The van der Waals surface area contributed by atoms with Crippen molar-refractivity contribution in [3.63, 3.8) is 0 Å². The van der Waals surface area contributed by atoms with Crippen LogP contribution >= 0.6 is 0 Å². The predicted octanol–water partition coefficient (Wildman–Crippen LogP) is 4.82. The van der Waals surface area contributed by atoms with Gasteiger partial charge in [0.2, 0.25) is 11.8 Å². The quantitative estimate of drug-likeness (QED) is 0.614. The lowest BCUT2D eigenvalue weighted by atomic mass is 10.1. The van der Waals surface area contributed by atoms with Crippen molar-refractivity contribution in [2.24, 2.45) is 0 Å². The van der Waals surface area contributed by atoms with Gasteiger partial charge in [-0.1, -0.05) is 37.3 Å². The summed E-state index contributed by atoms with van der Waals surface area (Å²) in [4.78, 5) is 18.5. The average molecular weight is 403 g/mol. The molecule has 1 N–H and O–H groups in total. The number of carbonyl (C=O) groups is 1. The highest BCUT2D eigenvalue weighted by Crippen LogP contribution is 2.34. The number of oxazole rings is 1. The van der Waals surface area contributed by atoms with E-state index in [2.05, 4.69) is 10.3 Å². The van der Waals surface area contributed by atoms with Crippen LogP contribution in [0.25, 0.3) is 11.5 Å². The SMILES string of the molecule is CCN(CC(=O)Nc1ccccc1C(F)(F)F)Cc1coc(-c2ccccc2)n1. The molecule has 0 saturated heterocycles. The molecule has 152 valence electrons. The van der Waals surface area contributed by atoms with Crippen molar-refractivity contribution in [1.29, 1.82) is 0 Å². The zero-order valence-electron chi connectivity index (χ0n) is 15.7. The molecule has 1 heterocycles. The second kappa shape index (κ2) is 8.91. The molecule has 0 bridgehead atoms. The van der Waals surface area contributed by atoms with Crippen LogP contribution in [0.2, 0.25) is 0 Å². The van der Waals surface area contributed by atoms with Gasteiger partial charge in [0.15, 0.2) is 0 Å². The first kappa shape index (κ1) is 20.6.